The topological polar surface area (TPSA) is 111 Å². The molecule has 0 aliphatic rings. The number of carbonyl (C=O) groups is 3. The number of nitrogens with zero attached hydrogens (tertiary/aromatic N) is 1. The lowest BCUT2D eigenvalue weighted by Gasteiger charge is -2.18. The van der Waals surface area contributed by atoms with Gasteiger partial charge >= 0.3 is 12.1 Å². The molecule has 0 fully saturated rings. The minimum absolute atomic E-state index is 0. The first-order valence-electron chi connectivity index (χ1n) is 6.40. The van der Waals surface area contributed by atoms with Crippen LogP contribution in [0.3, 0.4) is 0 Å². The molecule has 9 heteroatoms. The lowest BCUT2D eigenvalue weighted by Crippen LogP contribution is -2.38. The normalized spacial score (nSPS) is 10.9. The molecule has 0 aliphatic heterocycles. The molecule has 0 bridgehead atoms. The van der Waals surface area contributed by atoms with Crippen LogP contribution in [0.1, 0.15) is 19.8 Å². The molecule has 0 unspecified atom stereocenters. The number of hydrogen-bond donors (Lipinski definition) is 2. The number of ether oxygens (including phenoxy) is 2. The number of alkyl carbamates (subject to hydrolysis) is 1. The fourth-order valence-corrected chi connectivity index (χ4v) is 1.37. The Hall–Kier alpha value is -1.54. The number of rotatable bonds is 8. The second kappa shape index (κ2) is 12.2. The van der Waals surface area contributed by atoms with Crippen molar-refractivity contribution in [2.45, 2.75) is 25.8 Å². The highest BCUT2D eigenvalue weighted by Crippen LogP contribution is 2.00. The smallest absolute Gasteiger partial charge is 0.407 e. The fourth-order valence-electron chi connectivity index (χ4n) is 1.37. The van der Waals surface area contributed by atoms with E-state index in [1.807, 2.05) is 0 Å². The molecule has 0 aliphatic carbocycles. The van der Waals surface area contributed by atoms with Crippen molar-refractivity contribution in [3.63, 3.8) is 0 Å². The van der Waals surface area contributed by atoms with Gasteiger partial charge in [-0.1, -0.05) is 0 Å². The molecule has 0 aromatic carbocycles. The molecule has 0 aromatic rings. The molecule has 2 amide bonds. The van der Waals surface area contributed by atoms with Gasteiger partial charge in [-0.3, -0.25) is 9.59 Å². The number of likely N-dealkylation sites (N-methyl/N-ethyl adjacent to an activating group) is 1. The highest BCUT2D eigenvalue weighted by molar-refractivity contribution is 5.85. The molecule has 3 N–H and O–H groups in total. The van der Waals surface area contributed by atoms with E-state index in [4.69, 9.17) is 5.73 Å². The Morgan fingerprint density at radius 2 is 1.95 bits per heavy atom. The monoisotopic (exact) mass is 325 g/mol. The van der Waals surface area contributed by atoms with Crippen LogP contribution in [0.15, 0.2) is 0 Å². The Balaban J connectivity index is 0. The van der Waals surface area contributed by atoms with Gasteiger partial charge in [-0.05, 0) is 13.3 Å². The van der Waals surface area contributed by atoms with Crippen LogP contribution in [0.2, 0.25) is 0 Å². The summed E-state index contributed by atoms with van der Waals surface area (Å²) < 4.78 is 9.15. The van der Waals surface area contributed by atoms with Gasteiger partial charge in [0.2, 0.25) is 5.91 Å². The van der Waals surface area contributed by atoms with Gasteiger partial charge in [-0.15, -0.1) is 12.4 Å². The van der Waals surface area contributed by atoms with Crippen LogP contribution in [-0.4, -0.2) is 62.8 Å². The third-order valence-corrected chi connectivity index (χ3v) is 2.59. The van der Waals surface area contributed by atoms with Crippen LogP contribution in [0.5, 0.6) is 0 Å². The molecule has 8 nitrogen and oxygen atoms in total. The zero-order valence-electron chi connectivity index (χ0n) is 12.6. The van der Waals surface area contributed by atoms with Crippen molar-refractivity contribution in [3.05, 3.63) is 0 Å². The van der Waals surface area contributed by atoms with Gasteiger partial charge in [-0.25, -0.2) is 4.79 Å². The lowest BCUT2D eigenvalue weighted by molar-refractivity contribution is -0.142. The highest BCUT2D eigenvalue weighted by atomic mass is 35.5. The average Bonchev–Trinajstić information content (AvgIpc) is 2.43. The van der Waals surface area contributed by atoms with E-state index in [1.165, 1.54) is 12.0 Å². The quantitative estimate of drug-likeness (QED) is 0.602. The molecular formula is C12H24ClN3O5. The molecule has 0 heterocycles. The van der Waals surface area contributed by atoms with Crippen LogP contribution < -0.4 is 11.1 Å². The number of methoxy groups -OCH3 is 1. The van der Waals surface area contributed by atoms with E-state index in [-0.39, 0.29) is 31.2 Å². The number of hydrogen-bond acceptors (Lipinski definition) is 6. The summed E-state index contributed by atoms with van der Waals surface area (Å²) in [4.78, 5) is 35.3. The van der Waals surface area contributed by atoms with E-state index in [9.17, 15) is 14.4 Å². The Labute approximate surface area is 130 Å². The second-order valence-electron chi connectivity index (χ2n) is 4.13. The summed E-state index contributed by atoms with van der Waals surface area (Å²) in [6.07, 6.45) is -0.145. The molecule has 0 radical (unpaired) electrons. The van der Waals surface area contributed by atoms with Crippen LogP contribution in [0.4, 0.5) is 4.79 Å². The number of amides is 2. The molecular weight excluding hydrogens is 302 g/mol. The first-order chi connectivity index (χ1) is 9.42. The summed E-state index contributed by atoms with van der Waals surface area (Å²) in [6, 6.07) is -0.796. The second-order valence-corrected chi connectivity index (χ2v) is 4.13. The van der Waals surface area contributed by atoms with E-state index in [1.54, 1.807) is 14.0 Å². The molecule has 0 spiro atoms. The average molecular weight is 326 g/mol. The first-order valence-corrected chi connectivity index (χ1v) is 6.40. The predicted octanol–water partition coefficient (Wildman–Crippen LogP) is -0.107. The van der Waals surface area contributed by atoms with Crippen molar-refractivity contribution in [3.8, 4) is 0 Å². The highest BCUT2D eigenvalue weighted by Gasteiger charge is 2.17. The maximum atomic E-state index is 11.7. The summed E-state index contributed by atoms with van der Waals surface area (Å²) in [6.45, 7) is 2.65. The molecule has 0 aromatic heterocycles. The number of esters is 1. The van der Waals surface area contributed by atoms with Gasteiger partial charge < -0.3 is 25.4 Å². The zero-order chi connectivity index (χ0) is 15.5. The molecule has 0 saturated heterocycles. The molecule has 1 atom stereocenters. The van der Waals surface area contributed by atoms with Crippen molar-refractivity contribution >= 4 is 30.4 Å². The molecule has 0 saturated carbocycles. The Morgan fingerprint density at radius 1 is 1.33 bits per heavy atom. The summed E-state index contributed by atoms with van der Waals surface area (Å²) >= 11 is 0. The van der Waals surface area contributed by atoms with Crippen molar-refractivity contribution in [2.24, 2.45) is 5.73 Å². The van der Waals surface area contributed by atoms with Gasteiger partial charge in [0, 0.05) is 26.6 Å². The summed E-state index contributed by atoms with van der Waals surface area (Å²) in [5.41, 5.74) is 5.53. The maximum absolute atomic E-state index is 11.7. The van der Waals surface area contributed by atoms with Crippen molar-refractivity contribution in [1.82, 2.24) is 10.2 Å². The van der Waals surface area contributed by atoms with E-state index >= 15 is 0 Å². The third-order valence-electron chi connectivity index (χ3n) is 2.59. The van der Waals surface area contributed by atoms with Gasteiger partial charge in [-0.2, -0.15) is 0 Å². The zero-order valence-corrected chi connectivity index (χ0v) is 13.4. The van der Waals surface area contributed by atoms with Crippen molar-refractivity contribution < 1.29 is 23.9 Å². The summed E-state index contributed by atoms with van der Waals surface area (Å²) in [5.74, 6) is -0.695. The summed E-state index contributed by atoms with van der Waals surface area (Å²) in [5, 5.41) is 2.51. The van der Waals surface area contributed by atoms with Gasteiger partial charge in [0.05, 0.1) is 13.7 Å². The third kappa shape index (κ3) is 9.91. The van der Waals surface area contributed by atoms with Crippen molar-refractivity contribution in [2.75, 3.05) is 33.9 Å². The van der Waals surface area contributed by atoms with Crippen LogP contribution in [0, 0.1) is 0 Å². The van der Waals surface area contributed by atoms with E-state index < -0.39 is 18.1 Å². The maximum Gasteiger partial charge on any atom is 0.407 e. The Bertz CT molecular complexity index is 341. The van der Waals surface area contributed by atoms with E-state index in [0.29, 0.717) is 19.7 Å². The fraction of sp³-hybridized carbons (Fsp3) is 0.750. The molecule has 0 rings (SSSR count). The number of nitrogens with two attached hydrogens (primary N) is 1. The van der Waals surface area contributed by atoms with E-state index in [0.717, 1.165) is 0 Å². The van der Waals surface area contributed by atoms with Gasteiger partial charge in [0.1, 0.15) is 6.04 Å². The SMILES string of the molecule is CCOC(=O)NCCN(C)C(=O)CC[C@H](N)C(=O)OC.Cl. The first kappa shape index (κ1) is 21.8. The van der Waals surface area contributed by atoms with E-state index in [2.05, 4.69) is 14.8 Å². The van der Waals surface area contributed by atoms with Crippen molar-refractivity contribution in [1.29, 1.82) is 0 Å². The minimum Gasteiger partial charge on any atom is -0.468 e. The number of halogens is 1. The Morgan fingerprint density at radius 3 is 2.48 bits per heavy atom. The van der Waals surface area contributed by atoms with Gasteiger partial charge in [0.25, 0.3) is 0 Å². The summed E-state index contributed by atoms with van der Waals surface area (Å²) in [7, 11) is 2.86. The largest absolute Gasteiger partial charge is 0.468 e. The minimum atomic E-state index is -0.796. The lowest BCUT2D eigenvalue weighted by atomic mass is 10.1. The van der Waals surface area contributed by atoms with Crippen LogP contribution in [0.25, 0.3) is 0 Å². The van der Waals surface area contributed by atoms with Gasteiger partial charge in [0.15, 0.2) is 0 Å². The Kier molecular flexibility index (Phi) is 12.7. The predicted molar refractivity (Wildman–Crippen MR) is 79.1 cm³/mol. The number of carbonyl (C=O) groups excluding carboxylic acids is 3. The number of nitrogens with one attached hydrogen (secondary N) is 1. The van der Waals surface area contributed by atoms with Crippen LogP contribution >= 0.6 is 12.4 Å². The standard InChI is InChI=1S/C12H23N3O5.ClH/c1-4-20-12(18)14-7-8-15(2)10(16)6-5-9(13)11(17)19-3;/h9H,4-8,13H2,1-3H3,(H,14,18);1H/t9-;/m0./s1. The molecule has 124 valence electrons. The van der Waals surface area contributed by atoms with Crippen LogP contribution in [-0.2, 0) is 19.1 Å². The molecule has 21 heavy (non-hydrogen) atoms.